The molecular weight excluding hydrogens is 244 g/mol. The summed E-state index contributed by atoms with van der Waals surface area (Å²) in [5.74, 6) is 0. The molecule has 1 nitrogen and oxygen atoms in total. The van der Waals surface area contributed by atoms with Gasteiger partial charge in [-0.3, -0.25) is 0 Å². The maximum atomic E-state index is 9.14. The number of hydrogen-bond acceptors (Lipinski definition) is 1. The van der Waals surface area contributed by atoms with E-state index in [0.717, 1.165) is 25.7 Å². The molecule has 0 spiro atoms. The summed E-state index contributed by atoms with van der Waals surface area (Å²) in [5.41, 5.74) is 6.88. The third kappa shape index (κ3) is 2.68. The van der Waals surface area contributed by atoms with Crippen LogP contribution in [-0.4, -0.2) is 11.7 Å². The fraction of sp³-hybridized carbons (Fsp3) is 0.263. The zero-order valence-corrected chi connectivity index (χ0v) is 11.7. The molecule has 0 aliphatic heterocycles. The van der Waals surface area contributed by atoms with Gasteiger partial charge in [0.2, 0.25) is 0 Å². The summed E-state index contributed by atoms with van der Waals surface area (Å²) in [4.78, 5) is 0. The Labute approximate surface area is 120 Å². The molecule has 0 aromatic heterocycles. The molecule has 102 valence electrons. The Kier molecular flexibility index (Phi) is 3.98. The molecule has 20 heavy (non-hydrogen) atoms. The van der Waals surface area contributed by atoms with E-state index in [4.69, 9.17) is 5.11 Å². The molecule has 0 fully saturated rings. The minimum Gasteiger partial charge on any atom is -0.396 e. The van der Waals surface area contributed by atoms with E-state index in [9.17, 15) is 0 Å². The van der Waals surface area contributed by atoms with Crippen molar-refractivity contribution in [3.05, 3.63) is 70.8 Å². The molecule has 3 rings (SSSR count). The van der Waals surface area contributed by atoms with Gasteiger partial charge in [0.15, 0.2) is 0 Å². The van der Waals surface area contributed by atoms with Crippen molar-refractivity contribution in [1.29, 1.82) is 0 Å². The van der Waals surface area contributed by atoms with Gasteiger partial charge in [0.05, 0.1) is 0 Å². The molecule has 0 bridgehead atoms. The molecule has 0 atom stereocenters. The smallest absolute Gasteiger partial charge is 0.0434 e. The Hall–Kier alpha value is -1.86. The third-order valence-corrected chi connectivity index (χ3v) is 4.02. The number of rotatable bonds is 3. The number of aliphatic hydroxyl groups is 1. The summed E-state index contributed by atoms with van der Waals surface area (Å²) in [7, 11) is 0. The van der Waals surface area contributed by atoms with Crippen molar-refractivity contribution in [2.24, 2.45) is 0 Å². The van der Waals surface area contributed by atoms with Gasteiger partial charge in [0.25, 0.3) is 0 Å². The lowest BCUT2D eigenvalue weighted by molar-refractivity contribution is 0.290. The minimum absolute atomic E-state index is 0.251. The SMILES string of the molecule is OCCC/C1=C/c2ccccc2CCc2ccccc21. The van der Waals surface area contributed by atoms with E-state index in [-0.39, 0.29) is 6.61 Å². The first kappa shape index (κ1) is 13.1. The lowest BCUT2D eigenvalue weighted by Gasteiger charge is -2.18. The standard InChI is InChI=1S/C19H20O/c20-13-5-9-18-14-17-8-2-1-6-15(17)11-12-16-7-3-4-10-19(16)18/h1-4,6-8,10,14,20H,5,9,11-13H2/b18-14-. The van der Waals surface area contributed by atoms with Crippen LogP contribution in [0.2, 0.25) is 0 Å². The second-order valence-corrected chi connectivity index (χ2v) is 5.35. The van der Waals surface area contributed by atoms with Gasteiger partial charge in [-0.05, 0) is 53.5 Å². The van der Waals surface area contributed by atoms with Crippen LogP contribution in [0.3, 0.4) is 0 Å². The number of fused-ring (bicyclic) bond motifs is 2. The average molecular weight is 264 g/mol. The van der Waals surface area contributed by atoms with Crippen molar-refractivity contribution in [3.8, 4) is 0 Å². The fourth-order valence-corrected chi connectivity index (χ4v) is 2.97. The molecule has 0 radical (unpaired) electrons. The molecule has 0 amide bonds. The van der Waals surface area contributed by atoms with Gasteiger partial charge in [-0.15, -0.1) is 0 Å². The number of aliphatic hydroxyl groups excluding tert-OH is 1. The van der Waals surface area contributed by atoms with Gasteiger partial charge < -0.3 is 5.11 Å². The van der Waals surface area contributed by atoms with Crippen molar-refractivity contribution in [2.45, 2.75) is 25.7 Å². The molecule has 1 aliphatic rings. The van der Waals surface area contributed by atoms with Gasteiger partial charge in [0.1, 0.15) is 0 Å². The van der Waals surface area contributed by atoms with Crippen LogP contribution in [0.1, 0.15) is 35.1 Å². The van der Waals surface area contributed by atoms with Crippen molar-refractivity contribution < 1.29 is 5.11 Å². The molecule has 2 aromatic rings. The summed E-state index contributed by atoms with van der Waals surface area (Å²) in [6.07, 6.45) is 6.24. The second kappa shape index (κ2) is 6.06. The predicted octanol–water partition coefficient (Wildman–Crippen LogP) is 4.10. The Morgan fingerprint density at radius 2 is 1.55 bits per heavy atom. The van der Waals surface area contributed by atoms with Crippen molar-refractivity contribution >= 4 is 11.6 Å². The molecule has 2 aromatic carbocycles. The quantitative estimate of drug-likeness (QED) is 0.885. The Morgan fingerprint density at radius 1 is 0.850 bits per heavy atom. The van der Waals surface area contributed by atoms with Crippen LogP contribution in [-0.2, 0) is 12.8 Å². The first-order chi connectivity index (χ1) is 9.88. The van der Waals surface area contributed by atoms with Gasteiger partial charge in [0, 0.05) is 6.61 Å². The van der Waals surface area contributed by atoms with E-state index < -0.39 is 0 Å². The zero-order chi connectivity index (χ0) is 13.8. The average Bonchev–Trinajstić information content (AvgIpc) is 2.48. The van der Waals surface area contributed by atoms with Crippen LogP contribution in [0.5, 0.6) is 0 Å². The lowest BCUT2D eigenvalue weighted by Crippen LogP contribution is -2.02. The largest absolute Gasteiger partial charge is 0.396 e. The number of aryl methyl sites for hydroxylation is 2. The van der Waals surface area contributed by atoms with Crippen molar-refractivity contribution in [1.82, 2.24) is 0 Å². The molecule has 1 N–H and O–H groups in total. The molecule has 1 aliphatic carbocycles. The van der Waals surface area contributed by atoms with Crippen LogP contribution in [0.25, 0.3) is 11.6 Å². The summed E-state index contributed by atoms with van der Waals surface area (Å²) < 4.78 is 0. The van der Waals surface area contributed by atoms with Crippen molar-refractivity contribution in [2.75, 3.05) is 6.61 Å². The van der Waals surface area contributed by atoms with Crippen LogP contribution in [0.15, 0.2) is 48.5 Å². The van der Waals surface area contributed by atoms with Crippen LogP contribution in [0.4, 0.5) is 0 Å². The molecular formula is C19H20O. The summed E-state index contributed by atoms with van der Waals surface area (Å²) in [6.45, 7) is 0.251. The Balaban J connectivity index is 2.10. The summed E-state index contributed by atoms with van der Waals surface area (Å²) in [6, 6.07) is 17.3. The molecule has 0 saturated heterocycles. The molecule has 0 unspecified atom stereocenters. The number of hydrogen-bond donors (Lipinski definition) is 1. The van der Waals surface area contributed by atoms with Crippen LogP contribution >= 0.6 is 0 Å². The van der Waals surface area contributed by atoms with Gasteiger partial charge in [-0.2, -0.15) is 0 Å². The van der Waals surface area contributed by atoms with E-state index in [0.29, 0.717) is 0 Å². The maximum absolute atomic E-state index is 9.14. The predicted molar refractivity (Wildman–Crippen MR) is 84.5 cm³/mol. The lowest BCUT2D eigenvalue weighted by atomic mass is 9.87. The Morgan fingerprint density at radius 3 is 2.40 bits per heavy atom. The minimum atomic E-state index is 0.251. The number of allylic oxidation sites excluding steroid dienone is 1. The maximum Gasteiger partial charge on any atom is 0.0434 e. The van der Waals surface area contributed by atoms with Gasteiger partial charge in [-0.25, -0.2) is 0 Å². The van der Waals surface area contributed by atoms with Gasteiger partial charge in [-0.1, -0.05) is 54.6 Å². The van der Waals surface area contributed by atoms with E-state index in [1.165, 1.54) is 27.8 Å². The van der Waals surface area contributed by atoms with E-state index >= 15 is 0 Å². The first-order valence-electron chi connectivity index (χ1n) is 7.36. The molecule has 0 saturated carbocycles. The van der Waals surface area contributed by atoms with Crippen LogP contribution in [0, 0.1) is 0 Å². The first-order valence-corrected chi connectivity index (χ1v) is 7.36. The van der Waals surface area contributed by atoms with Crippen LogP contribution < -0.4 is 0 Å². The highest BCUT2D eigenvalue weighted by molar-refractivity contribution is 5.84. The second-order valence-electron chi connectivity index (χ2n) is 5.35. The molecule has 0 heterocycles. The Bertz CT molecular complexity index is 625. The monoisotopic (exact) mass is 264 g/mol. The third-order valence-electron chi connectivity index (χ3n) is 4.02. The number of benzene rings is 2. The van der Waals surface area contributed by atoms with E-state index in [2.05, 4.69) is 54.6 Å². The van der Waals surface area contributed by atoms with E-state index in [1.807, 2.05) is 0 Å². The van der Waals surface area contributed by atoms with Gasteiger partial charge >= 0.3 is 0 Å². The highest BCUT2D eigenvalue weighted by atomic mass is 16.2. The topological polar surface area (TPSA) is 20.2 Å². The summed E-state index contributed by atoms with van der Waals surface area (Å²) in [5, 5.41) is 9.14. The van der Waals surface area contributed by atoms with E-state index in [1.54, 1.807) is 0 Å². The highest BCUT2D eigenvalue weighted by Crippen LogP contribution is 2.30. The zero-order valence-electron chi connectivity index (χ0n) is 11.7. The highest BCUT2D eigenvalue weighted by Gasteiger charge is 2.12. The summed E-state index contributed by atoms with van der Waals surface area (Å²) >= 11 is 0. The fourth-order valence-electron chi connectivity index (χ4n) is 2.97. The normalized spacial score (nSPS) is 16.4. The van der Waals surface area contributed by atoms with Crippen molar-refractivity contribution in [3.63, 3.8) is 0 Å². The molecule has 1 heteroatoms.